The fraction of sp³-hybridized carbons (Fsp3) is 0.103. The molecule has 0 heterocycles. The Morgan fingerprint density at radius 1 is 0.804 bits per heavy atom. The van der Waals surface area contributed by atoms with Gasteiger partial charge in [0.05, 0.1) is 19.1 Å². The van der Waals surface area contributed by atoms with E-state index in [0.29, 0.717) is 44.5 Å². The number of thioether (sulfide) groups is 1. The van der Waals surface area contributed by atoms with Crippen LogP contribution in [0.5, 0.6) is 11.5 Å². The number of benzene rings is 5. The zero-order valence-electron chi connectivity index (χ0n) is 27.9. The van der Waals surface area contributed by atoms with Crippen LogP contribution in [-0.4, -0.2) is 36.9 Å². The second-order valence-electron chi connectivity index (χ2n) is 11.1. The van der Waals surface area contributed by atoms with E-state index in [-0.39, 0.29) is 17.3 Å². The predicted molar refractivity (Wildman–Crippen MR) is 198 cm³/mol. The Balaban J connectivity index is 1.41. The molecule has 1 unspecified atom stereocenters. The molecule has 0 spiro atoms. The number of nitro groups is 1. The zero-order valence-corrected chi connectivity index (χ0v) is 28.7. The molecular weight excluding hydrogens is 669 g/mol. The molecule has 5 aromatic carbocycles. The van der Waals surface area contributed by atoms with Crippen molar-refractivity contribution in [2.75, 3.05) is 24.9 Å². The standard InChI is InChI=1S/C39H34N4O7S/c1-25-21-30(43(47)48)17-19-33(25)41-39(46)36(26-11-6-4-7-12-26)51-32-16-10-15-29(24-32)40-38(45)34(42-37(44)27-13-8-5-9-14-27)23-28-22-31(49-2)18-20-35(28)50-3/h4-24,36H,1-3H3,(H,40,45)(H,41,46)(H,42,44)/b34-23+. The van der Waals surface area contributed by atoms with Gasteiger partial charge in [-0.3, -0.25) is 24.5 Å². The Kier molecular flexibility index (Phi) is 11.8. The summed E-state index contributed by atoms with van der Waals surface area (Å²) in [6, 6.07) is 34.0. The van der Waals surface area contributed by atoms with Crippen molar-refractivity contribution >= 4 is 52.6 Å². The second-order valence-corrected chi connectivity index (χ2v) is 12.3. The van der Waals surface area contributed by atoms with E-state index in [0.717, 1.165) is 5.56 Å². The summed E-state index contributed by atoms with van der Waals surface area (Å²) >= 11 is 1.27. The van der Waals surface area contributed by atoms with Gasteiger partial charge in [-0.1, -0.05) is 54.6 Å². The fourth-order valence-electron chi connectivity index (χ4n) is 5.03. The van der Waals surface area contributed by atoms with Crippen molar-refractivity contribution in [3.63, 3.8) is 0 Å². The molecule has 5 aromatic rings. The number of carbonyl (C=O) groups excluding carboxylic acids is 3. The first-order chi connectivity index (χ1) is 24.6. The summed E-state index contributed by atoms with van der Waals surface area (Å²) in [5.41, 5.74) is 2.90. The van der Waals surface area contributed by atoms with Crippen LogP contribution in [0.2, 0.25) is 0 Å². The van der Waals surface area contributed by atoms with Gasteiger partial charge in [0.25, 0.3) is 17.5 Å². The number of aryl methyl sites for hydroxylation is 1. The minimum absolute atomic E-state index is 0.0477. The van der Waals surface area contributed by atoms with Gasteiger partial charge in [0, 0.05) is 39.5 Å². The molecule has 5 rings (SSSR count). The number of hydrogen-bond acceptors (Lipinski definition) is 8. The predicted octanol–water partition coefficient (Wildman–Crippen LogP) is 7.80. The van der Waals surface area contributed by atoms with E-state index in [1.807, 2.05) is 36.4 Å². The van der Waals surface area contributed by atoms with Crippen LogP contribution >= 0.6 is 11.8 Å². The highest BCUT2D eigenvalue weighted by molar-refractivity contribution is 8.00. The first-order valence-electron chi connectivity index (χ1n) is 15.6. The maximum absolute atomic E-state index is 13.8. The van der Waals surface area contributed by atoms with Crippen LogP contribution in [0.25, 0.3) is 6.08 Å². The highest BCUT2D eigenvalue weighted by atomic mass is 32.2. The van der Waals surface area contributed by atoms with Crippen molar-refractivity contribution in [2.24, 2.45) is 0 Å². The summed E-state index contributed by atoms with van der Waals surface area (Å²) in [5.74, 6) is -0.427. The fourth-order valence-corrected chi connectivity index (χ4v) is 6.12. The summed E-state index contributed by atoms with van der Waals surface area (Å²) in [6.45, 7) is 1.69. The van der Waals surface area contributed by atoms with Crippen LogP contribution in [0.4, 0.5) is 17.1 Å². The number of carbonyl (C=O) groups is 3. The third-order valence-corrected chi connectivity index (χ3v) is 8.88. The van der Waals surface area contributed by atoms with Crippen molar-refractivity contribution in [2.45, 2.75) is 17.1 Å². The van der Waals surface area contributed by atoms with E-state index in [2.05, 4.69) is 16.0 Å². The maximum Gasteiger partial charge on any atom is 0.272 e. The summed E-state index contributed by atoms with van der Waals surface area (Å²) in [7, 11) is 3.02. The molecule has 0 bridgehead atoms. The van der Waals surface area contributed by atoms with Crippen molar-refractivity contribution in [1.82, 2.24) is 5.32 Å². The number of hydrogen-bond donors (Lipinski definition) is 3. The molecule has 0 aliphatic carbocycles. The molecule has 0 aliphatic heterocycles. The second kappa shape index (κ2) is 16.8. The minimum Gasteiger partial charge on any atom is -0.497 e. The van der Waals surface area contributed by atoms with Crippen LogP contribution in [0, 0.1) is 17.0 Å². The molecule has 0 saturated carbocycles. The number of non-ortho nitro benzene ring substituents is 1. The number of rotatable bonds is 13. The van der Waals surface area contributed by atoms with Gasteiger partial charge in [-0.2, -0.15) is 0 Å². The maximum atomic E-state index is 13.8. The highest BCUT2D eigenvalue weighted by Gasteiger charge is 2.24. The third-order valence-electron chi connectivity index (χ3n) is 7.63. The van der Waals surface area contributed by atoms with E-state index < -0.39 is 22.0 Å². The van der Waals surface area contributed by atoms with Gasteiger partial charge in [0.15, 0.2) is 0 Å². The lowest BCUT2D eigenvalue weighted by Crippen LogP contribution is -2.30. The molecule has 3 amide bonds. The normalized spacial score (nSPS) is 11.5. The summed E-state index contributed by atoms with van der Waals surface area (Å²) in [6.07, 6.45) is 1.51. The van der Waals surface area contributed by atoms with Gasteiger partial charge in [-0.25, -0.2) is 0 Å². The van der Waals surface area contributed by atoms with Crippen molar-refractivity contribution in [3.05, 3.63) is 159 Å². The SMILES string of the molecule is COc1ccc(OC)c(/C=C(/NC(=O)c2ccccc2)C(=O)Nc2cccc(SC(C(=O)Nc3ccc([N+](=O)[O-])cc3C)c3ccccc3)c2)c1. The van der Waals surface area contributed by atoms with E-state index in [1.165, 1.54) is 50.3 Å². The first-order valence-corrected chi connectivity index (χ1v) is 16.5. The molecule has 11 nitrogen and oxygen atoms in total. The molecule has 51 heavy (non-hydrogen) atoms. The summed E-state index contributed by atoms with van der Waals surface area (Å²) in [5, 5.41) is 19.0. The van der Waals surface area contributed by atoms with E-state index >= 15 is 0 Å². The molecular formula is C39H34N4O7S. The Labute approximate surface area is 298 Å². The van der Waals surface area contributed by atoms with Gasteiger partial charge >= 0.3 is 0 Å². The number of ether oxygens (including phenoxy) is 2. The van der Waals surface area contributed by atoms with Gasteiger partial charge in [0.1, 0.15) is 22.4 Å². The summed E-state index contributed by atoms with van der Waals surface area (Å²) < 4.78 is 10.9. The molecule has 3 N–H and O–H groups in total. The number of amides is 3. The monoisotopic (exact) mass is 702 g/mol. The Hall–Kier alpha value is -6.40. The smallest absolute Gasteiger partial charge is 0.272 e. The van der Waals surface area contributed by atoms with Gasteiger partial charge in [0.2, 0.25) is 5.91 Å². The van der Waals surface area contributed by atoms with Crippen molar-refractivity contribution < 1.29 is 28.8 Å². The quantitative estimate of drug-likeness (QED) is 0.0487. The van der Waals surface area contributed by atoms with E-state index in [4.69, 9.17) is 9.47 Å². The van der Waals surface area contributed by atoms with Crippen LogP contribution in [-0.2, 0) is 9.59 Å². The van der Waals surface area contributed by atoms with Crippen LogP contribution in [0.15, 0.2) is 132 Å². The topological polar surface area (TPSA) is 149 Å². The molecule has 0 fully saturated rings. The molecule has 12 heteroatoms. The average Bonchev–Trinajstić information content (AvgIpc) is 3.15. The molecule has 0 aliphatic rings. The molecule has 0 saturated heterocycles. The average molecular weight is 703 g/mol. The van der Waals surface area contributed by atoms with Gasteiger partial charge in [-0.05, 0) is 78.7 Å². The lowest BCUT2D eigenvalue weighted by Gasteiger charge is -2.18. The van der Waals surface area contributed by atoms with Crippen molar-refractivity contribution in [1.29, 1.82) is 0 Å². The van der Waals surface area contributed by atoms with Gasteiger partial charge < -0.3 is 25.4 Å². The van der Waals surface area contributed by atoms with Crippen LogP contribution < -0.4 is 25.4 Å². The lowest BCUT2D eigenvalue weighted by molar-refractivity contribution is -0.384. The Morgan fingerprint density at radius 3 is 2.20 bits per heavy atom. The minimum atomic E-state index is -0.715. The first kappa shape index (κ1) is 35.9. The Bertz CT molecular complexity index is 2090. The van der Waals surface area contributed by atoms with Crippen molar-refractivity contribution in [3.8, 4) is 11.5 Å². The molecule has 0 radical (unpaired) electrons. The Morgan fingerprint density at radius 2 is 1.53 bits per heavy atom. The zero-order chi connectivity index (χ0) is 36.3. The number of nitro benzene ring substituents is 1. The number of anilines is 2. The summed E-state index contributed by atoms with van der Waals surface area (Å²) in [4.78, 5) is 52.1. The van der Waals surface area contributed by atoms with E-state index in [9.17, 15) is 24.5 Å². The number of nitrogens with zero attached hydrogens (tertiary/aromatic N) is 1. The number of nitrogens with one attached hydrogen (secondary N) is 3. The molecule has 0 aromatic heterocycles. The molecule has 258 valence electrons. The van der Waals surface area contributed by atoms with Gasteiger partial charge in [-0.15, -0.1) is 11.8 Å². The largest absolute Gasteiger partial charge is 0.497 e. The lowest BCUT2D eigenvalue weighted by atomic mass is 10.1. The van der Waals surface area contributed by atoms with Crippen LogP contribution in [0.1, 0.15) is 32.3 Å². The molecule has 1 atom stereocenters. The third kappa shape index (κ3) is 9.40. The van der Waals surface area contributed by atoms with Crippen LogP contribution in [0.3, 0.4) is 0 Å². The highest BCUT2D eigenvalue weighted by Crippen LogP contribution is 2.38. The van der Waals surface area contributed by atoms with E-state index in [1.54, 1.807) is 73.7 Å². The number of methoxy groups -OCH3 is 2.